The molecule has 0 unspecified atom stereocenters. The molecule has 1 aromatic rings. The van der Waals surface area contributed by atoms with Crippen LogP contribution in [0.3, 0.4) is 0 Å². The number of nitrogens with zero attached hydrogens (tertiary/aromatic N) is 2. The fourth-order valence-electron chi connectivity index (χ4n) is 0.671. The molecule has 0 aromatic carbocycles. The highest BCUT2D eigenvalue weighted by Gasteiger charge is 2.26. The molecule has 0 fully saturated rings. The van der Waals surface area contributed by atoms with E-state index >= 15 is 0 Å². The number of hydrogen-bond acceptors (Lipinski definition) is 5. The van der Waals surface area contributed by atoms with Crippen LogP contribution in [0.5, 0.6) is 0 Å². The molecular formula is C7H11N3O3. The van der Waals surface area contributed by atoms with E-state index < -0.39 is 11.5 Å². The van der Waals surface area contributed by atoms with Crippen molar-refractivity contribution in [3.8, 4) is 0 Å². The van der Waals surface area contributed by atoms with Gasteiger partial charge in [0.05, 0.1) is 5.54 Å². The molecule has 0 atom stereocenters. The minimum atomic E-state index is -1.19. The lowest BCUT2D eigenvalue weighted by molar-refractivity contribution is 0.0680. The Kier molecular flexibility index (Phi) is 2.33. The molecule has 2 N–H and O–H groups in total. The maximum Gasteiger partial charge on any atom is 0.377 e. The SMILES string of the molecule is CNC(C)(C)c1nc(C(=O)O)no1. The van der Waals surface area contributed by atoms with Gasteiger partial charge in [-0.05, 0) is 26.1 Å². The first-order valence-corrected chi connectivity index (χ1v) is 3.74. The van der Waals surface area contributed by atoms with Gasteiger partial charge in [-0.2, -0.15) is 4.98 Å². The zero-order chi connectivity index (χ0) is 10.1. The predicted molar refractivity (Wildman–Crippen MR) is 43.3 cm³/mol. The summed E-state index contributed by atoms with van der Waals surface area (Å²) in [5, 5.41) is 14.8. The summed E-state index contributed by atoms with van der Waals surface area (Å²) >= 11 is 0. The van der Waals surface area contributed by atoms with Crippen LogP contribution in [-0.4, -0.2) is 28.3 Å². The second-order valence-electron chi connectivity index (χ2n) is 3.10. The van der Waals surface area contributed by atoms with Gasteiger partial charge in [-0.15, -0.1) is 0 Å². The third-order valence-corrected chi connectivity index (χ3v) is 1.78. The largest absolute Gasteiger partial charge is 0.475 e. The zero-order valence-electron chi connectivity index (χ0n) is 7.66. The zero-order valence-corrected chi connectivity index (χ0v) is 7.66. The molecule has 1 rings (SSSR count). The number of rotatable bonds is 3. The number of carboxylic acid groups (broad SMARTS) is 1. The lowest BCUT2D eigenvalue weighted by atomic mass is 10.1. The Morgan fingerprint density at radius 3 is 2.62 bits per heavy atom. The van der Waals surface area contributed by atoms with Crippen molar-refractivity contribution in [2.24, 2.45) is 0 Å². The number of carbonyl (C=O) groups is 1. The van der Waals surface area contributed by atoms with Gasteiger partial charge in [0, 0.05) is 0 Å². The van der Waals surface area contributed by atoms with E-state index in [4.69, 9.17) is 9.63 Å². The van der Waals surface area contributed by atoms with Crippen molar-refractivity contribution in [2.45, 2.75) is 19.4 Å². The minimum Gasteiger partial charge on any atom is -0.475 e. The fourth-order valence-corrected chi connectivity index (χ4v) is 0.671. The molecule has 0 aliphatic rings. The van der Waals surface area contributed by atoms with E-state index in [1.807, 2.05) is 13.8 Å². The summed E-state index contributed by atoms with van der Waals surface area (Å²) in [5.74, 6) is -1.26. The van der Waals surface area contributed by atoms with Crippen molar-refractivity contribution in [1.82, 2.24) is 15.5 Å². The molecule has 72 valence electrons. The average Bonchev–Trinajstić information content (AvgIpc) is 2.52. The minimum absolute atomic E-state index is 0.257. The van der Waals surface area contributed by atoms with Gasteiger partial charge in [-0.25, -0.2) is 4.79 Å². The van der Waals surface area contributed by atoms with Crippen molar-refractivity contribution >= 4 is 5.97 Å². The van der Waals surface area contributed by atoms with E-state index in [9.17, 15) is 4.79 Å². The van der Waals surface area contributed by atoms with Crippen molar-refractivity contribution in [1.29, 1.82) is 0 Å². The number of carboxylic acids is 1. The van der Waals surface area contributed by atoms with E-state index in [1.165, 1.54) is 0 Å². The molecule has 6 nitrogen and oxygen atoms in total. The number of hydrogen-bond donors (Lipinski definition) is 2. The summed E-state index contributed by atoms with van der Waals surface area (Å²) in [7, 11) is 1.73. The van der Waals surface area contributed by atoms with Crippen LogP contribution in [0.4, 0.5) is 0 Å². The van der Waals surface area contributed by atoms with Crippen LogP contribution in [0.25, 0.3) is 0 Å². The van der Waals surface area contributed by atoms with Crippen LogP contribution < -0.4 is 5.32 Å². The molecule has 0 saturated carbocycles. The van der Waals surface area contributed by atoms with E-state index in [-0.39, 0.29) is 11.7 Å². The van der Waals surface area contributed by atoms with Crippen LogP contribution >= 0.6 is 0 Å². The molecule has 1 aromatic heterocycles. The Labute approximate surface area is 74.9 Å². The van der Waals surface area contributed by atoms with Gasteiger partial charge in [0.15, 0.2) is 0 Å². The highest BCUT2D eigenvalue weighted by atomic mass is 16.5. The van der Waals surface area contributed by atoms with E-state index in [1.54, 1.807) is 7.05 Å². The number of aromatic carboxylic acids is 1. The lowest BCUT2D eigenvalue weighted by Gasteiger charge is -2.17. The Morgan fingerprint density at radius 1 is 1.62 bits per heavy atom. The average molecular weight is 185 g/mol. The molecule has 0 amide bonds. The molecule has 0 radical (unpaired) electrons. The van der Waals surface area contributed by atoms with Gasteiger partial charge in [-0.1, -0.05) is 0 Å². The maximum absolute atomic E-state index is 10.4. The van der Waals surface area contributed by atoms with Crippen LogP contribution in [0, 0.1) is 0 Å². The van der Waals surface area contributed by atoms with Crippen molar-refractivity contribution in [3.05, 3.63) is 11.7 Å². The summed E-state index contributed by atoms with van der Waals surface area (Å²) in [5.41, 5.74) is -0.513. The Hall–Kier alpha value is -1.43. The maximum atomic E-state index is 10.4. The molecule has 1 heterocycles. The second-order valence-corrected chi connectivity index (χ2v) is 3.10. The molecule has 6 heteroatoms. The summed E-state index contributed by atoms with van der Waals surface area (Å²) < 4.78 is 4.78. The van der Waals surface area contributed by atoms with Gasteiger partial charge in [0.2, 0.25) is 5.89 Å². The highest BCUT2D eigenvalue weighted by Crippen LogP contribution is 2.16. The fraction of sp³-hybridized carbons (Fsp3) is 0.571. The second kappa shape index (κ2) is 3.14. The molecule has 0 bridgehead atoms. The monoisotopic (exact) mass is 185 g/mol. The predicted octanol–water partition coefficient (Wildman–Crippen LogP) is 0.222. The van der Waals surface area contributed by atoms with Gasteiger partial charge < -0.3 is 14.9 Å². The third-order valence-electron chi connectivity index (χ3n) is 1.78. The van der Waals surface area contributed by atoms with Crippen LogP contribution in [0.2, 0.25) is 0 Å². The van der Waals surface area contributed by atoms with Crippen LogP contribution in [0.1, 0.15) is 30.4 Å². The smallest absolute Gasteiger partial charge is 0.377 e. The van der Waals surface area contributed by atoms with Gasteiger partial charge >= 0.3 is 5.97 Å². The summed E-state index contributed by atoms with van der Waals surface area (Å²) in [6.07, 6.45) is 0. The van der Waals surface area contributed by atoms with Crippen LogP contribution in [0.15, 0.2) is 4.52 Å². The summed E-state index contributed by atoms with van der Waals surface area (Å²) in [6.45, 7) is 3.62. The molecule has 0 aliphatic carbocycles. The Bertz CT molecular complexity index is 319. The van der Waals surface area contributed by atoms with Crippen LogP contribution in [-0.2, 0) is 5.54 Å². The third kappa shape index (κ3) is 1.83. The highest BCUT2D eigenvalue weighted by molar-refractivity contribution is 5.82. The summed E-state index contributed by atoms with van der Waals surface area (Å²) in [4.78, 5) is 14.1. The van der Waals surface area contributed by atoms with E-state index in [0.717, 1.165) is 0 Å². The molecule has 0 spiro atoms. The van der Waals surface area contributed by atoms with Gasteiger partial charge in [0.1, 0.15) is 0 Å². The lowest BCUT2D eigenvalue weighted by Crippen LogP contribution is -2.33. The summed E-state index contributed by atoms with van der Waals surface area (Å²) in [6, 6.07) is 0. The number of nitrogens with one attached hydrogen (secondary N) is 1. The van der Waals surface area contributed by atoms with E-state index in [0.29, 0.717) is 0 Å². The molecule has 13 heavy (non-hydrogen) atoms. The molecular weight excluding hydrogens is 174 g/mol. The molecule has 0 aliphatic heterocycles. The Balaban J connectivity index is 2.98. The van der Waals surface area contributed by atoms with Gasteiger partial charge in [-0.3, -0.25) is 0 Å². The normalized spacial score (nSPS) is 11.6. The first-order chi connectivity index (χ1) is 5.97. The first kappa shape index (κ1) is 9.66. The van der Waals surface area contributed by atoms with Crippen molar-refractivity contribution in [3.63, 3.8) is 0 Å². The number of aromatic nitrogens is 2. The van der Waals surface area contributed by atoms with E-state index in [2.05, 4.69) is 15.5 Å². The molecule has 0 saturated heterocycles. The topological polar surface area (TPSA) is 88.2 Å². The van der Waals surface area contributed by atoms with Gasteiger partial charge in [0.25, 0.3) is 5.82 Å². The quantitative estimate of drug-likeness (QED) is 0.700. The Morgan fingerprint density at radius 2 is 2.23 bits per heavy atom. The van der Waals surface area contributed by atoms with Crippen molar-refractivity contribution < 1.29 is 14.4 Å². The standard InChI is InChI=1S/C7H11N3O3/c1-7(2,8-3)6-9-4(5(11)12)10-13-6/h8H,1-3H3,(H,11,12). The first-order valence-electron chi connectivity index (χ1n) is 3.74. The van der Waals surface area contributed by atoms with Crippen molar-refractivity contribution in [2.75, 3.05) is 7.05 Å².